The summed E-state index contributed by atoms with van der Waals surface area (Å²) in [6.07, 6.45) is 107. The summed E-state index contributed by atoms with van der Waals surface area (Å²) in [6.45, 7) is 4.94. The van der Waals surface area contributed by atoms with Gasteiger partial charge < -0.3 is 20.3 Å². The minimum Gasteiger partial charge on any atom is -0.466 e. The van der Waals surface area contributed by atoms with Gasteiger partial charge in [-0.15, -0.1) is 0 Å². The Kier molecular flexibility index (Phi) is 79.8. The number of carbonyl (C=O) groups excluding carboxylic acids is 2. The molecule has 0 aliphatic rings. The van der Waals surface area contributed by atoms with Crippen LogP contribution in [0.2, 0.25) is 0 Å². The van der Waals surface area contributed by atoms with E-state index < -0.39 is 12.1 Å². The van der Waals surface area contributed by atoms with E-state index in [9.17, 15) is 19.8 Å². The van der Waals surface area contributed by atoms with E-state index in [4.69, 9.17) is 4.74 Å². The van der Waals surface area contributed by atoms with Gasteiger partial charge in [-0.05, 0) is 64.2 Å². The lowest BCUT2D eigenvalue weighted by atomic mass is 10.0. The zero-order chi connectivity index (χ0) is 66.3. The molecule has 2 atom stereocenters. The lowest BCUT2D eigenvalue weighted by Crippen LogP contribution is -2.45. The minimum atomic E-state index is -0.843. The zero-order valence-electron chi connectivity index (χ0n) is 62.6. The van der Waals surface area contributed by atoms with Crippen molar-refractivity contribution in [2.45, 2.75) is 488 Å². The Labute approximate surface area is 576 Å². The normalized spacial score (nSPS) is 12.6. The summed E-state index contributed by atoms with van der Waals surface area (Å²) in [5, 5.41) is 23.3. The van der Waals surface area contributed by atoms with Crippen molar-refractivity contribution in [3.63, 3.8) is 0 Å². The Hall–Kier alpha value is -1.92. The second-order valence-corrected chi connectivity index (χ2v) is 29.2. The summed E-state index contributed by atoms with van der Waals surface area (Å²) in [7, 11) is 0. The number of rotatable bonds is 80. The molecule has 0 heterocycles. The molecule has 92 heavy (non-hydrogen) atoms. The second kappa shape index (κ2) is 81.5. The Bertz CT molecular complexity index is 1490. The number of nitrogens with one attached hydrogen (secondary N) is 1. The molecule has 0 aliphatic heterocycles. The number of unbranched alkanes of at least 4 members (excludes halogenated alkanes) is 65. The fourth-order valence-corrected chi connectivity index (χ4v) is 13.5. The van der Waals surface area contributed by atoms with Crippen molar-refractivity contribution in [1.82, 2.24) is 5.32 Å². The summed E-state index contributed by atoms with van der Waals surface area (Å²) >= 11 is 0. The molecule has 0 radical (unpaired) electrons. The Morgan fingerprint density at radius 1 is 0.304 bits per heavy atom. The van der Waals surface area contributed by atoms with Crippen molar-refractivity contribution >= 4 is 11.9 Å². The number of aliphatic hydroxyl groups excluding tert-OH is 2. The Morgan fingerprint density at radius 2 is 0.543 bits per heavy atom. The molecule has 0 aliphatic carbocycles. The van der Waals surface area contributed by atoms with Gasteiger partial charge in [-0.3, -0.25) is 9.59 Å². The first-order valence-corrected chi connectivity index (χ1v) is 42.3. The molecule has 6 nitrogen and oxygen atoms in total. The molecular weight excluding hydrogens is 1130 g/mol. The van der Waals surface area contributed by atoms with Crippen molar-refractivity contribution in [2.24, 2.45) is 0 Å². The first kappa shape index (κ1) is 90.1. The molecule has 0 saturated carbocycles. The topological polar surface area (TPSA) is 95.9 Å². The van der Waals surface area contributed by atoms with Crippen molar-refractivity contribution in [1.29, 1.82) is 0 Å². The highest BCUT2D eigenvalue weighted by Crippen LogP contribution is 2.20. The van der Waals surface area contributed by atoms with Gasteiger partial charge in [0.15, 0.2) is 0 Å². The quantitative estimate of drug-likeness (QED) is 0.0320. The van der Waals surface area contributed by atoms with Crippen LogP contribution in [0.4, 0.5) is 0 Å². The predicted octanol–water partition coefficient (Wildman–Crippen LogP) is 28.2. The van der Waals surface area contributed by atoms with Crippen LogP contribution in [0.25, 0.3) is 0 Å². The van der Waals surface area contributed by atoms with Gasteiger partial charge in [0, 0.05) is 12.8 Å². The SMILES string of the molecule is CCCCC/C=C\C/C=C\CCCCCCCCCCCC(=O)OCCCCCCCCCCCCCCCCCCCCCCCCCCCCCCCCCCCC(=O)NC(CO)C(O)/C=C/CCCCCCCCCCCCCCCCCCCCCCC. The molecule has 0 aromatic heterocycles. The van der Waals surface area contributed by atoms with Gasteiger partial charge in [0.1, 0.15) is 0 Å². The first-order chi connectivity index (χ1) is 45.5. The average Bonchev–Trinajstić information content (AvgIpc) is 3.60. The number of hydrogen-bond donors (Lipinski definition) is 3. The van der Waals surface area contributed by atoms with E-state index in [0.29, 0.717) is 19.4 Å². The fraction of sp³-hybridized carbons (Fsp3) is 0.907. The molecule has 1 amide bonds. The van der Waals surface area contributed by atoms with E-state index >= 15 is 0 Å². The highest BCUT2D eigenvalue weighted by atomic mass is 16.5. The molecular formula is C86H165NO5. The molecule has 0 spiro atoms. The van der Waals surface area contributed by atoms with Crippen LogP contribution in [0.15, 0.2) is 36.5 Å². The largest absolute Gasteiger partial charge is 0.466 e. The van der Waals surface area contributed by atoms with Crippen molar-refractivity contribution in [2.75, 3.05) is 13.2 Å². The maximum atomic E-state index is 12.6. The summed E-state index contributed by atoms with van der Waals surface area (Å²) < 4.78 is 5.52. The number of carbonyl (C=O) groups is 2. The zero-order valence-corrected chi connectivity index (χ0v) is 62.6. The first-order valence-electron chi connectivity index (χ1n) is 42.3. The van der Waals surface area contributed by atoms with Gasteiger partial charge in [-0.1, -0.05) is 436 Å². The number of amides is 1. The molecule has 0 bridgehead atoms. The minimum absolute atomic E-state index is 0.0186. The van der Waals surface area contributed by atoms with Crippen LogP contribution in [0.5, 0.6) is 0 Å². The van der Waals surface area contributed by atoms with E-state index in [1.54, 1.807) is 6.08 Å². The third kappa shape index (κ3) is 77.1. The molecule has 0 aromatic rings. The summed E-state index contributed by atoms with van der Waals surface area (Å²) in [6, 6.07) is -0.626. The van der Waals surface area contributed by atoms with Gasteiger partial charge in [0.2, 0.25) is 5.91 Å². The van der Waals surface area contributed by atoms with Gasteiger partial charge in [-0.2, -0.15) is 0 Å². The molecule has 0 aromatic carbocycles. The summed E-state index contributed by atoms with van der Waals surface area (Å²) in [5.41, 5.74) is 0. The standard InChI is InChI=1S/C86H165NO5/c1-3-5-7-9-11-13-15-17-19-21-23-24-36-39-43-46-50-54-58-62-66-70-74-78-84(89)83(82-88)87-85(90)79-75-71-67-63-59-55-51-47-44-40-37-34-32-30-28-26-25-27-29-31-33-35-38-41-45-49-53-57-61-65-69-73-77-81-92-86(91)80-76-72-68-64-60-56-52-48-42-22-20-18-16-14-12-10-8-6-4-2/h12,14,18,20,74,78,83-84,88-89H,3-11,13,15-17,19,21-73,75-77,79-82H2,1-2H3,(H,87,90)/b14-12-,20-18-,78-74+. The van der Waals surface area contributed by atoms with Crippen molar-refractivity contribution < 1.29 is 24.5 Å². The molecule has 3 N–H and O–H groups in total. The maximum absolute atomic E-state index is 12.6. The van der Waals surface area contributed by atoms with Crippen molar-refractivity contribution in [3.8, 4) is 0 Å². The summed E-state index contributed by atoms with van der Waals surface area (Å²) in [4.78, 5) is 24.7. The van der Waals surface area contributed by atoms with Gasteiger partial charge in [0.25, 0.3) is 0 Å². The third-order valence-corrected chi connectivity index (χ3v) is 19.9. The lowest BCUT2D eigenvalue weighted by Gasteiger charge is -2.20. The highest BCUT2D eigenvalue weighted by molar-refractivity contribution is 5.76. The lowest BCUT2D eigenvalue weighted by molar-refractivity contribution is -0.143. The number of ether oxygens (including phenoxy) is 1. The van der Waals surface area contributed by atoms with Crippen LogP contribution in [-0.4, -0.2) is 47.4 Å². The average molecular weight is 1290 g/mol. The van der Waals surface area contributed by atoms with Gasteiger partial charge in [0.05, 0.1) is 25.4 Å². The van der Waals surface area contributed by atoms with Crippen LogP contribution in [0, 0.1) is 0 Å². The van der Waals surface area contributed by atoms with E-state index in [0.717, 1.165) is 51.4 Å². The van der Waals surface area contributed by atoms with Crippen molar-refractivity contribution in [3.05, 3.63) is 36.5 Å². The molecule has 544 valence electrons. The number of hydrogen-bond acceptors (Lipinski definition) is 5. The van der Waals surface area contributed by atoms with E-state index in [1.165, 1.54) is 398 Å². The molecule has 0 saturated heterocycles. The monoisotopic (exact) mass is 1290 g/mol. The van der Waals surface area contributed by atoms with Crippen LogP contribution in [0.1, 0.15) is 476 Å². The fourth-order valence-electron chi connectivity index (χ4n) is 13.5. The Balaban J connectivity index is 3.34. The molecule has 0 rings (SSSR count). The van der Waals surface area contributed by atoms with Gasteiger partial charge in [-0.25, -0.2) is 0 Å². The highest BCUT2D eigenvalue weighted by Gasteiger charge is 2.18. The molecule has 2 unspecified atom stereocenters. The Morgan fingerprint density at radius 3 is 0.848 bits per heavy atom. The summed E-state index contributed by atoms with van der Waals surface area (Å²) in [5.74, 6) is -0.0393. The predicted molar refractivity (Wildman–Crippen MR) is 407 cm³/mol. The van der Waals surface area contributed by atoms with Crippen LogP contribution in [-0.2, 0) is 14.3 Å². The maximum Gasteiger partial charge on any atom is 0.305 e. The smallest absolute Gasteiger partial charge is 0.305 e. The number of allylic oxidation sites excluding steroid dienone is 5. The van der Waals surface area contributed by atoms with Gasteiger partial charge >= 0.3 is 5.97 Å². The molecule has 6 heteroatoms. The number of aliphatic hydroxyl groups is 2. The molecule has 0 fully saturated rings. The van der Waals surface area contributed by atoms with E-state index in [1.807, 2.05) is 6.08 Å². The third-order valence-electron chi connectivity index (χ3n) is 19.9. The van der Waals surface area contributed by atoms with E-state index in [-0.39, 0.29) is 18.5 Å². The van der Waals surface area contributed by atoms with Crippen LogP contribution in [0.3, 0.4) is 0 Å². The second-order valence-electron chi connectivity index (χ2n) is 29.2. The van der Waals surface area contributed by atoms with E-state index in [2.05, 4.69) is 43.5 Å². The number of esters is 1. The van der Waals surface area contributed by atoms with Crippen LogP contribution >= 0.6 is 0 Å². The van der Waals surface area contributed by atoms with Crippen LogP contribution < -0.4 is 5.32 Å².